The van der Waals surface area contributed by atoms with Gasteiger partial charge in [0.2, 0.25) is 5.91 Å². The van der Waals surface area contributed by atoms with E-state index in [-0.39, 0.29) is 17.6 Å². The minimum absolute atomic E-state index is 0.0425. The van der Waals surface area contributed by atoms with Gasteiger partial charge in [0, 0.05) is 11.9 Å². The number of nitrogens with zero attached hydrogens (tertiary/aromatic N) is 1. The summed E-state index contributed by atoms with van der Waals surface area (Å²) in [5.74, 6) is 0.247. The summed E-state index contributed by atoms with van der Waals surface area (Å²) in [5, 5.41) is 3.46. The molecule has 1 aromatic carbocycles. The largest absolute Gasteiger partial charge is 0.324 e. The lowest BCUT2D eigenvalue weighted by atomic mass is 10.1. The zero-order chi connectivity index (χ0) is 12.0. The van der Waals surface area contributed by atoms with Crippen LogP contribution in [-0.2, 0) is 4.79 Å². The molecule has 1 unspecified atom stereocenters. The predicted octanol–water partition coefficient (Wildman–Crippen LogP) is 2.00. The first-order chi connectivity index (χ1) is 8.16. The van der Waals surface area contributed by atoms with Crippen LogP contribution >= 0.6 is 11.8 Å². The smallest absolute Gasteiger partial charge is 0.244 e. The van der Waals surface area contributed by atoms with Crippen molar-refractivity contribution in [2.45, 2.75) is 29.4 Å². The van der Waals surface area contributed by atoms with Gasteiger partial charge in [-0.3, -0.25) is 10.1 Å². The number of hydrogen-bond acceptors (Lipinski definition) is 3. The van der Waals surface area contributed by atoms with E-state index < -0.39 is 0 Å². The van der Waals surface area contributed by atoms with Gasteiger partial charge in [0.25, 0.3) is 0 Å². The maximum absolute atomic E-state index is 12.1. The highest BCUT2D eigenvalue weighted by atomic mass is 32.2. The Morgan fingerprint density at radius 3 is 2.47 bits per heavy atom. The Kier molecular flexibility index (Phi) is 2.45. The van der Waals surface area contributed by atoms with Gasteiger partial charge in [-0.1, -0.05) is 12.1 Å². The van der Waals surface area contributed by atoms with Gasteiger partial charge in [-0.05, 0) is 36.8 Å². The second kappa shape index (κ2) is 3.75. The van der Waals surface area contributed by atoms with Crippen LogP contribution < -0.4 is 5.32 Å². The first-order valence-electron chi connectivity index (χ1n) is 5.85. The van der Waals surface area contributed by atoms with Crippen LogP contribution in [0.4, 0.5) is 0 Å². The van der Waals surface area contributed by atoms with E-state index in [1.54, 1.807) is 11.8 Å². The normalized spacial score (nSPS) is 25.6. The number of rotatable bonds is 2. The van der Waals surface area contributed by atoms with Crippen molar-refractivity contribution < 1.29 is 4.79 Å². The summed E-state index contributed by atoms with van der Waals surface area (Å²) >= 11 is 1.73. The highest BCUT2D eigenvalue weighted by Gasteiger charge is 2.58. The molecule has 1 spiro atoms. The van der Waals surface area contributed by atoms with E-state index in [2.05, 4.69) is 35.8 Å². The van der Waals surface area contributed by atoms with E-state index in [0.717, 1.165) is 12.8 Å². The van der Waals surface area contributed by atoms with E-state index >= 15 is 0 Å². The second-order valence-corrected chi connectivity index (χ2v) is 5.70. The standard InChI is InChI=1S/C13H16N2OS/c1-15-11(14-13(7-8-13)12(15)16)9-3-5-10(17-2)6-4-9/h3-6,11,14H,7-8H2,1-2H3. The number of hydrogen-bond donors (Lipinski definition) is 1. The third kappa shape index (κ3) is 1.67. The van der Waals surface area contributed by atoms with E-state index in [1.807, 2.05) is 11.9 Å². The van der Waals surface area contributed by atoms with Gasteiger partial charge >= 0.3 is 0 Å². The highest BCUT2D eigenvalue weighted by Crippen LogP contribution is 2.45. The van der Waals surface area contributed by atoms with Crippen LogP contribution in [0.25, 0.3) is 0 Å². The summed E-state index contributed by atoms with van der Waals surface area (Å²) in [5.41, 5.74) is 0.944. The van der Waals surface area contributed by atoms with E-state index in [0.29, 0.717) is 0 Å². The fraction of sp³-hybridized carbons (Fsp3) is 0.462. The molecule has 90 valence electrons. The summed E-state index contributed by atoms with van der Waals surface area (Å²) in [7, 11) is 1.88. The van der Waals surface area contributed by atoms with Crippen molar-refractivity contribution in [3.63, 3.8) is 0 Å². The minimum Gasteiger partial charge on any atom is -0.324 e. The lowest BCUT2D eigenvalue weighted by Crippen LogP contribution is -2.30. The topological polar surface area (TPSA) is 32.3 Å². The molecule has 2 aliphatic rings. The molecular weight excluding hydrogens is 232 g/mol. The molecule has 17 heavy (non-hydrogen) atoms. The van der Waals surface area contributed by atoms with Crippen LogP contribution in [0.15, 0.2) is 29.2 Å². The lowest BCUT2D eigenvalue weighted by molar-refractivity contribution is -0.129. The quantitative estimate of drug-likeness (QED) is 0.813. The molecule has 1 N–H and O–H groups in total. The molecule has 1 atom stereocenters. The third-order valence-electron chi connectivity index (χ3n) is 3.71. The predicted molar refractivity (Wildman–Crippen MR) is 68.8 cm³/mol. The molecule has 1 aliphatic heterocycles. The number of carbonyl (C=O) groups is 1. The minimum atomic E-state index is -0.225. The van der Waals surface area contributed by atoms with Crippen LogP contribution in [0.1, 0.15) is 24.6 Å². The summed E-state index contributed by atoms with van der Waals surface area (Å²) in [6.07, 6.45) is 4.07. The Morgan fingerprint density at radius 1 is 1.35 bits per heavy atom. The molecule has 1 amide bonds. The van der Waals surface area contributed by atoms with Crippen molar-refractivity contribution in [2.24, 2.45) is 0 Å². The van der Waals surface area contributed by atoms with Gasteiger partial charge < -0.3 is 4.90 Å². The lowest BCUT2D eigenvalue weighted by Gasteiger charge is -2.19. The number of thioether (sulfide) groups is 1. The first kappa shape index (κ1) is 11.1. The van der Waals surface area contributed by atoms with Crippen LogP contribution in [0.3, 0.4) is 0 Å². The monoisotopic (exact) mass is 248 g/mol. The van der Waals surface area contributed by atoms with Crippen molar-refractivity contribution in [2.75, 3.05) is 13.3 Å². The van der Waals surface area contributed by atoms with Crippen molar-refractivity contribution >= 4 is 17.7 Å². The Labute approximate surface area is 106 Å². The van der Waals surface area contributed by atoms with Gasteiger partial charge in [-0.2, -0.15) is 0 Å². The van der Waals surface area contributed by atoms with Gasteiger partial charge in [0.1, 0.15) is 11.7 Å². The Balaban J connectivity index is 1.86. The molecule has 3 nitrogen and oxygen atoms in total. The molecule has 4 heteroatoms. The van der Waals surface area contributed by atoms with E-state index in [9.17, 15) is 4.79 Å². The molecule has 1 saturated carbocycles. The molecule has 1 aromatic rings. The molecule has 3 rings (SSSR count). The first-order valence-corrected chi connectivity index (χ1v) is 7.08. The molecule has 0 radical (unpaired) electrons. The third-order valence-corrected chi connectivity index (χ3v) is 4.46. The van der Waals surface area contributed by atoms with E-state index in [4.69, 9.17) is 0 Å². The van der Waals surface area contributed by atoms with Crippen molar-refractivity contribution in [3.8, 4) is 0 Å². The van der Waals surface area contributed by atoms with Crippen LogP contribution in [0.5, 0.6) is 0 Å². The Morgan fingerprint density at radius 2 is 2.00 bits per heavy atom. The average molecular weight is 248 g/mol. The molecule has 0 bridgehead atoms. The number of carbonyl (C=O) groups excluding carboxylic acids is 1. The van der Waals surface area contributed by atoms with Gasteiger partial charge in [0.15, 0.2) is 0 Å². The van der Waals surface area contributed by atoms with Crippen molar-refractivity contribution in [1.29, 1.82) is 0 Å². The fourth-order valence-electron chi connectivity index (χ4n) is 2.45. The molecular formula is C13H16N2OS. The van der Waals surface area contributed by atoms with Gasteiger partial charge in [0.05, 0.1) is 0 Å². The van der Waals surface area contributed by atoms with Crippen LogP contribution in [0.2, 0.25) is 0 Å². The second-order valence-electron chi connectivity index (χ2n) is 4.82. The Hall–Kier alpha value is -1.00. The summed E-state index contributed by atoms with van der Waals surface area (Å²) in [6.45, 7) is 0. The number of likely N-dealkylation sites (N-methyl/N-ethyl adjacent to an activating group) is 1. The van der Waals surface area contributed by atoms with Gasteiger partial charge in [-0.15, -0.1) is 11.8 Å². The fourth-order valence-corrected chi connectivity index (χ4v) is 2.86. The van der Waals surface area contributed by atoms with Crippen molar-refractivity contribution in [3.05, 3.63) is 29.8 Å². The number of benzene rings is 1. The molecule has 1 saturated heterocycles. The summed E-state index contributed by atoms with van der Waals surface area (Å²) in [6, 6.07) is 8.43. The summed E-state index contributed by atoms with van der Waals surface area (Å²) in [4.78, 5) is 15.1. The number of amides is 1. The zero-order valence-electron chi connectivity index (χ0n) is 10.1. The maximum Gasteiger partial charge on any atom is 0.244 e. The molecule has 2 fully saturated rings. The molecule has 1 aliphatic carbocycles. The molecule has 0 aromatic heterocycles. The van der Waals surface area contributed by atoms with E-state index in [1.165, 1.54) is 10.5 Å². The van der Waals surface area contributed by atoms with Crippen molar-refractivity contribution in [1.82, 2.24) is 10.2 Å². The Bertz CT molecular complexity index is 453. The van der Waals surface area contributed by atoms with Crippen LogP contribution in [0, 0.1) is 0 Å². The van der Waals surface area contributed by atoms with Crippen LogP contribution in [-0.4, -0.2) is 29.6 Å². The van der Waals surface area contributed by atoms with Gasteiger partial charge in [-0.25, -0.2) is 0 Å². The summed E-state index contributed by atoms with van der Waals surface area (Å²) < 4.78 is 0. The number of nitrogens with one attached hydrogen (secondary N) is 1. The highest BCUT2D eigenvalue weighted by molar-refractivity contribution is 7.98. The average Bonchev–Trinajstić information content (AvgIpc) is 3.11. The molecule has 1 heterocycles. The SMILES string of the molecule is CSc1ccc(C2NC3(CC3)C(=O)N2C)cc1. The maximum atomic E-state index is 12.1. The zero-order valence-corrected chi connectivity index (χ0v) is 10.9.